The zero-order valence-corrected chi connectivity index (χ0v) is 10.4. The Labute approximate surface area is 105 Å². The predicted molar refractivity (Wildman–Crippen MR) is 54.6 cm³/mol. The van der Waals surface area contributed by atoms with Gasteiger partial charge in [-0.3, -0.25) is 4.90 Å². The molecule has 2 bridgehead atoms. The average molecular weight is 289 g/mol. The number of likely N-dealkylation sites (N-methyl/N-ethyl adjacent to an activating group) is 1. The molecule has 0 spiro atoms. The van der Waals surface area contributed by atoms with Gasteiger partial charge in [-0.05, 0) is 27.0 Å². The average Bonchev–Trinajstić information content (AvgIpc) is 2.57. The summed E-state index contributed by atoms with van der Waals surface area (Å²) in [7, 11) is 0.792. The number of nitrogens with zero attached hydrogens (tertiary/aromatic N) is 1. The number of hydrogen-bond donors (Lipinski definition) is 1. The molecule has 1 saturated heterocycles. The summed E-state index contributed by atoms with van der Waals surface area (Å²) < 4.78 is 84.8. The first-order valence-corrected chi connectivity index (χ1v) is 5.53. The largest absolute Gasteiger partial charge is 0.384 e. The van der Waals surface area contributed by atoms with Crippen LogP contribution < -0.4 is 0 Å². The van der Waals surface area contributed by atoms with E-state index < -0.39 is 34.9 Å². The van der Waals surface area contributed by atoms with Crippen molar-refractivity contribution in [1.29, 1.82) is 0 Å². The summed E-state index contributed by atoms with van der Waals surface area (Å²) >= 11 is 0. The minimum Gasteiger partial charge on any atom is -0.384 e. The zero-order valence-electron chi connectivity index (χ0n) is 10.4. The van der Waals surface area contributed by atoms with Crippen LogP contribution in [0.4, 0.5) is 26.3 Å². The van der Waals surface area contributed by atoms with Crippen LogP contribution in [0.25, 0.3) is 0 Å². The summed E-state index contributed by atoms with van der Waals surface area (Å²) in [6, 6.07) is -2.12. The maximum absolute atomic E-state index is 14.6. The van der Waals surface area contributed by atoms with Gasteiger partial charge in [0.05, 0.1) is 6.04 Å². The van der Waals surface area contributed by atoms with Gasteiger partial charge in [0.1, 0.15) is 5.60 Å². The Kier molecular flexibility index (Phi) is 2.53. The zero-order chi connectivity index (χ0) is 15.1. The first kappa shape index (κ1) is 14.6. The summed E-state index contributed by atoms with van der Waals surface area (Å²) in [6.07, 6.45) is 1.01. The molecule has 2 rings (SSSR count). The van der Waals surface area contributed by atoms with E-state index >= 15 is 0 Å². The third kappa shape index (κ3) is 1.22. The highest BCUT2D eigenvalue weighted by molar-refractivity contribution is 5.39. The van der Waals surface area contributed by atoms with Crippen LogP contribution in [0.2, 0.25) is 0 Å². The van der Waals surface area contributed by atoms with Crippen LogP contribution in [0, 0.1) is 0 Å². The van der Waals surface area contributed by atoms with Crippen molar-refractivity contribution in [2.24, 2.45) is 0 Å². The molecule has 3 unspecified atom stereocenters. The van der Waals surface area contributed by atoms with E-state index in [-0.39, 0.29) is 4.90 Å². The summed E-state index contributed by atoms with van der Waals surface area (Å²) in [5, 5.41) is 9.30. The van der Waals surface area contributed by atoms with Crippen molar-refractivity contribution in [3.05, 3.63) is 12.2 Å². The molecule has 3 atom stereocenters. The van der Waals surface area contributed by atoms with E-state index in [1.54, 1.807) is 0 Å². The predicted octanol–water partition coefficient (Wildman–Crippen LogP) is 2.29. The molecule has 110 valence electrons. The molecule has 0 amide bonds. The summed E-state index contributed by atoms with van der Waals surface area (Å²) in [4.78, 5) is 0.215. The fraction of sp³-hybridized carbons (Fsp3) is 0.818. The normalized spacial score (nSPS) is 42.1. The minimum atomic E-state index is -4.99. The summed E-state index contributed by atoms with van der Waals surface area (Å²) in [6.45, 7) is 0.924. The second-order valence-electron chi connectivity index (χ2n) is 5.50. The van der Waals surface area contributed by atoms with Crippen LogP contribution in [0.3, 0.4) is 0 Å². The van der Waals surface area contributed by atoms with Crippen molar-refractivity contribution < 1.29 is 31.4 Å². The lowest BCUT2D eigenvalue weighted by molar-refractivity contribution is -0.317. The molecule has 19 heavy (non-hydrogen) atoms. The lowest BCUT2D eigenvalue weighted by Gasteiger charge is -2.45. The molecule has 0 aromatic carbocycles. The number of alkyl halides is 6. The molecule has 0 saturated carbocycles. The van der Waals surface area contributed by atoms with E-state index in [9.17, 15) is 31.4 Å². The van der Waals surface area contributed by atoms with Crippen LogP contribution in [0.5, 0.6) is 0 Å². The fourth-order valence-corrected chi connectivity index (χ4v) is 2.68. The second-order valence-corrected chi connectivity index (χ2v) is 5.50. The Morgan fingerprint density at radius 3 is 1.95 bits per heavy atom. The highest BCUT2D eigenvalue weighted by Crippen LogP contribution is 2.65. The van der Waals surface area contributed by atoms with E-state index in [2.05, 4.69) is 0 Å². The number of halogens is 6. The molecule has 2 heterocycles. The van der Waals surface area contributed by atoms with Gasteiger partial charge < -0.3 is 5.11 Å². The van der Waals surface area contributed by atoms with Gasteiger partial charge in [-0.25, -0.2) is 17.6 Å². The SMILES string of the molecule is CN1C2C=CC1(F)C(F)(C(F)(F)C(C)(C)O)C2(F)F. The molecular formula is C11H13F6NO. The number of hydrogen-bond acceptors (Lipinski definition) is 2. The molecule has 0 aromatic rings. The van der Waals surface area contributed by atoms with E-state index in [1.807, 2.05) is 0 Å². The van der Waals surface area contributed by atoms with Gasteiger partial charge in [0.15, 0.2) is 0 Å². The maximum Gasteiger partial charge on any atom is 0.319 e. The van der Waals surface area contributed by atoms with Gasteiger partial charge in [-0.15, -0.1) is 0 Å². The van der Waals surface area contributed by atoms with E-state index in [0.29, 0.717) is 26.0 Å². The number of fused-ring (bicyclic) bond motifs is 2. The second kappa shape index (κ2) is 3.28. The minimum absolute atomic E-state index is 0.215. The van der Waals surface area contributed by atoms with Crippen molar-refractivity contribution in [3.63, 3.8) is 0 Å². The van der Waals surface area contributed by atoms with Crippen molar-refractivity contribution in [2.75, 3.05) is 7.05 Å². The van der Waals surface area contributed by atoms with Gasteiger partial charge >= 0.3 is 11.8 Å². The summed E-state index contributed by atoms with van der Waals surface area (Å²) in [5.41, 5.74) is -8.00. The van der Waals surface area contributed by atoms with Crippen molar-refractivity contribution in [1.82, 2.24) is 4.90 Å². The molecule has 2 aliphatic heterocycles. The molecule has 0 radical (unpaired) electrons. The third-order valence-corrected chi connectivity index (χ3v) is 3.94. The standard InChI is InChI=1S/C11H13F6NO/c1-7(2,19)11(16,17)10(15)8(12)5-4-6(18(8)3)9(10,13)14/h4-6,19H,1-3H3. The van der Waals surface area contributed by atoms with Crippen molar-refractivity contribution in [3.8, 4) is 0 Å². The number of rotatable bonds is 2. The molecule has 2 aliphatic rings. The first-order chi connectivity index (χ1) is 8.25. The van der Waals surface area contributed by atoms with Gasteiger partial charge in [0.25, 0.3) is 5.67 Å². The Hall–Kier alpha value is -0.760. The van der Waals surface area contributed by atoms with Crippen LogP contribution in [0.15, 0.2) is 12.2 Å². The van der Waals surface area contributed by atoms with Gasteiger partial charge in [0.2, 0.25) is 5.79 Å². The number of aliphatic hydroxyl groups is 1. The first-order valence-electron chi connectivity index (χ1n) is 5.53. The Balaban J connectivity index is 2.70. The van der Waals surface area contributed by atoms with E-state index in [4.69, 9.17) is 0 Å². The lowest BCUT2D eigenvalue weighted by Crippen LogP contribution is -2.72. The van der Waals surface area contributed by atoms with Crippen LogP contribution >= 0.6 is 0 Å². The fourth-order valence-electron chi connectivity index (χ4n) is 2.68. The monoisotopic (exact) mass is 289 g/mol. The van der Waals surface area contributed by atoms with Crippen LogP contribution in [-0.2, 0) is 0 Å². The third-order valence-electron chi connectivity index (χ3n) is 3.94. The Morgan fingerprint density at radius 1 is 1.16 bits per heavy atom. The molecule has 0 aliphatic carbocycles. The molecule has 8 heteroatoms. The molecular weight excluding hydrogens is 276 g/mol. The topological polar surface area (TPSA) is 23.5 Å². The molecule has 0 aromatic heterocycles. The van der Waals surface area contributed by atoms with Gasteiger partial charge in [-0.1, -0.05) is 6.08 Å². The lowest BCUT2D eigenvalue weighted by atomic mass is 9.74. The Morgan fingerprint density at radius 2 is 1.63 bits per heavy atom. The Bertz CT molecular complexity index is 445. The molecule has 1 fully saturated rings. The molecule has 1 N–H and O–H groups in total. The van der Waals surface area contributed by atoms with E-state index in [0.717, 1.165) is 7.05 Å². The smallest absolute Gasteiger partial charge is 0.319 e. The van der Waals surface area contributed by atoms with Crippen molar-refractivity contribution in [2.45, 2.75) is 48.8 Å². The van der Waals surface area contributed by atoms with Crippen LogP contribution in [-0.4, -0.2) is 52.0 Å². The molecule has 2 nitrogen and oxygen atoms in total. The van der Waals surface area contributed by atoms with Crippen molar-refractivity contribution >= 4 is 0 Å². The van der Waals surface area contributed by atoms with Gasteiger partial charge in [0, 0.05) is 0 Å². The highest BCUT2D eigenvalue weighted by atomic mass is 19.3. The highest BCUT2D eigenvalue weighted by Gasteiger charge is 2.91. The quantitative estimate of drug-likeness (QED) is 0.479. The summed E-state index contributed by atoms with van der Waals surface area (Å²) in [5.74, 6) is -13.3. The van der Waals surface area contributed by atoms with Gasteiger partial charge in [-0.2, -0.15) is 8.78 Å². The maximum atomic E-state index is 14.6. The van der Waals surface area contributed by atoms with E-state index in [1.165, 1.54) is 0 Å². The van der Waals surface area contributed by atoms with Crippen LogP contribution in [0.1, 0.15) is 13.8 Å².